The van der Waals surface area contributed by atoms with E-state index in [-0.39, 0.29) is 16.3 Å². The third-order valence-electron chi connectivity index (χ3n) is 2.05. The highest BCUT2D eigenvalue weighted by Crippen LogP contribution is 2.32. The number of ether oxygens (including phenoxy) is 2. The smallest absolute Gasteiger partial charge is 0.172 e. The minimum absolute atomic E-state index is 0.165. The van der Waals surface area contributed by atoms with Gasteiger partial charge in [0.1, 0.15) is 12.2 Å². The Morgan fingerprint density at radius 1 is 1.27 bits per heavy atom. The van der Waals surface area contributed by atoms with Gasteiger partial charge in [-0.25, -0.2) is 0 Å². The molecule has 2 aliphatic heterocycles. The van der Waals surface area contributed by atoms with Crippen LogP contribution in [-0.4, -0.2) is 45.3 Å². The topological polar surface area (TPSA) is 58.9 Å². The standard InChI is InChI=1S/C6H9IO4/c7-3-5(9)4(8)2-1-10-6(3)11-2/h2-6,8-9H,1H2/t2?,3-,4+,5?,6+/m0/s1. The average molecular weight is 272 g/mol. The van der Waals surface area contributed by atoms with Crippen LogP contribution in [0.3, 0.4) is 0 Å². The van der Waals surface area contributed by atoms with E-state index < -0.39 is 12.2 Å². The quantitative estimate of drug-likeness (QED) is 0.451. The molecule has 0 saturated carbocycles. The van der Waals surface area contributed by atoms with Gasteiger partial charge in [-0.05, 0) is 0 Å². The highest BCUT2D eigenvalue weighted by Gasteiger charge is 2.48. The van der Waals surface area contributed by atoms with Crippen LogP contribution in [0.1, 0.15) is 0 Å². The molecule has 5 atom stereocenters. The summed E-state index contributed by atoms with van der Waals surface area (Å²) in [5, 5.41) is 18.8. The Morgan fingerprint density at radius 2 is 2.00 bits per heavy atom. The van der Waals surface area contributed by atoms with Gasteiger partial charge in [-0.15, -0.1) is 0 Å². The minimum atomic E-state index is -0.796. The molecule has 2 heterocycles. The fraction of sp³-hybridized carbons (Fsp3) is 1.00. The Morgan fingerprint density at radius 3 is 2.73 bits per heavy atom. The van der Waals surface area contributed by atoms with Crippen molar-refractivity contribution in [1.82, 2.24) is 0 Å². The predicted octanol–water partition coefficient (Wildman–Crippen LogP) is -0.733. The Bertz CT molecular complexity index is 145. The van der Waals surface area contributed by atoms with Gasteiger partial charge >= 0.3 is 0 Å². The van der Waals surface area contributed by atoms with Gasteiger partial charge in [-0.1, -0.05) is 22.6 Å². The maximum atomic E-state index is 9.41. The molecule has 5 heteroatoms. The van der Waals surface area contributed by atoms with E-state index in [0.29, 0.717) is 6.61 Å². The molecule has 2 bridgehead atoms. The van der Waals surface area contributed by atoms with Crippen molar-refractivity contribution in [3.8, 4) is 0 Å². The fourth-order valence-corrected chi connectivity index (χ4v) is 2.16. The molecule has 0 spiro atoms. The van der Waals surface area contributed by atoms with Crippen molar-refractivity contribution >= 4 is 22.6 Å². The number of halogens is 1. The van der Waals surface area contributed by atoms with Gasteiger partial charge in [0.25, 0.3) is 0 Å². The van der Waals surface area contributed by atoms with Crippen LogP contribution in [0, 0.1) is 0 Å². The maximum absolute atomic E-state index is 9.41. The number of hydrogen-bond donors (Lipinski definition) is 2. The molecule has 4 nitrogen and oxygen atoms in total. The molecule has 0 amide bonds. The van der Waals surface area contributed by atoms with Gasteiger partial charge in [-0.2, -0.15) is 0 Å². The summed E-state index contributed by atoms with van der Waals surface area (Å²) in [6.45, 7) is 0.391. The largest absolute Gasteiger partial charge is 0.389 e. The van der Waals surface area contributed by atoms with E-state index in [0.717, 1.165) is 0 Å². The SMILES string of the molecule is OC1[C@H](O)C2CO[C@H](O2)[C@H]1I. The molecule has 2 fully saturated rings. The van der Waals surface area contributed by atoms with Crippen molar-refractivity contribution in [2.45, 2.75) is 28.5 Å². The number of hydrogen-bond acceptors (Lipinski definition) is 4. The van der Waals surface area contributed by atoms with Crippen LogP contribution in [0.4, 0.5) is 0 Å². The second kappa shape index (κ2) is 2.81. The first-order chi connectivity index (χ1) is 5.20. The molecule has 64 valence electrons. The van der Waals surface area contributed by atoms with E-state index in [9.17, 15) is 10.2 Å². The monoisotopic (exact) mass is 272 g/mol. The number of aliphatic hydroxyl groups is 2. The maximum Gasteiger partial charge on any atom is 0.172 e. The summed E-state index contributed by atoms with van der Waals surface area (Å²) in [5.74, 6) is 0. The third kappa shape index (κ3) is 1.19. The van der Waals surface area contributed by atoms with E-state index in [1.165, 1.54) is 0 Å². The van der Waals surface area contributed by atoms with E-state index in [1.807, 2.05) is 22.6 Å². The van der Waals surface area contributed by atoms with Crippen LogP contribution in [0.2, 0.25) is 0 Å². The molecular weight excluding hydrogens is 263 g/mol. The Hall–Kier alpha value is 0.570. The fourth-order valence-electron chi connectivity index (χ4n) is 1.36. The molecule has 11 heavy (non-hydrogen) atoms. The third-order valence-corrected chi connectivity index (χ3v) is 3.37. The summed E-state index contributed by atoms with van der Waals surface area (Å²) in [4.78, 5) is 0. The first-order valence-electron chi connectivity index (χ1n) is 3.47. The van der Waals surface area contributed by atoms with Gasteiger partial charge in [0.15, 0.2) is 6.29 Å². The summed E-state index contributed by atoms with van der Waals surface area (Å²) in [6, 6.07) is 0. The highest BCUT2D eigenvalue weighted by atomic mass is 127. The molecule has 0 radical (unpaired) electrons. The van der Waals surface area contributed by atoms with Crippen LogP contribution in [0.25, 0.3) is 0 Å². The Kier molecular flexibility index (Phi) is 2.09. The second-order valence-corrected chi connectivity index (χ2v) is 4.24. The Labute approximate surface area is 77.6 Å². The van der Waals surface area contributed by atoms with Crippen LogP contribution in [0.5, 0.6) is 0 Å². The molecule has 0 aromatic carbocycles. The molecule has 2 rings (SSSR count). The molecule has 2 unspecified atom stereocenters. The molecule has 2 aliphatic rings. The van der Waals surface area contributed by atoms with Crippen LogP contribution in [0.15, 0.2) is 0 Å². The number of fused-ring (bicyclic) bond motifs is 2. The van der Waals surface area contributed by atoms with Gasteiger partial charge in [0, 0.05) is 0 Å². The average Bonchev–Trinajstić information content (AvgIpc) is 2.44. The zero-order chi connectivity index (χ0) is 8.01. The lowest BCUT2D eigenvalue weighted by molar-refractivity contribution is -0.156. The second-order valence-electron chi connectivity index (χ2n) is 2.80. The number of alkyl halides is 1. The Balaban J connectivity index is 2.16. The molecule has 2 saturated heterocycles. The first kappa shape index (κ1) is 8.18. The normalized spacial score (nSPS) is 56.5. The van der Waals surface area contributed by atoms with Crippen molar-refractivity contribution in [2.24, 2.45) is 0 Å². The van der Waals surface area contributed by atoms with E-state index in [2.05, 4.69) is 0 Å². The first-order valence-corrected chi connectivity index (χ1v) is 4.72. The van der Waals surface area contributed by atoms with Crippen molar-refractivity contribution < 1.29 is 19.7 Å². The van der Waals surface area contributed by atoms with Gasteiger partial charge in [0.05, 0.1) is 16.6 Å². The summed E-state index contributed by atoms with van der Waals surface area (Å²) < 4.78 is 10.3. The summed E-state index contributed by atoms with van der Waals surface area (Å²) in [6.07, 6.45) is -2.18. The predicted molar refractivity (Wildman–Crippen MR) is 44.4 cm³/mol. The lowest BCUT2D eigenvalue weighted by Crippen LogP contribution is -2.51. The summed E-state index contributed by atoms with van der Waals surface area (Å²) in [5.41, 5.74) is 0. The van der Waals surface area contributed by atoms with Crippen molar-refractivity contribution in [2.75, 3.05) is 6.61 Å². The number of rotatable bonds is 0. The zero-order valence-corrected chi connectivity index (χ0v) is 7.84. The van der Waals surface area contributed by atoms with E-state index in [1.54, 1.807) is 0 Å². The van der Waals surface area contributed by atoms with Gasteiger partial charge in [0.2, 0.25) is 0 Å². The highest BCUT2D eigenvalue weighted by molar-refractivity contribution is 14.1. The van der Waals surface area contributed by atoms with Crippen LogP contribution < -0.4 is 0 Å². The van der Waals surface area contributed by atoms with Crippen LogP contribution in [-0.2, 0) is 9.47 Å². The molecule has 0 aromatic rings. The molecule has 2 N–H and O–H groups in total. The van der Waals surface area contributed by atoms with E-state index >= 15 is 0 Å². The van der Waals surface area contributed by atoms with Crippen molar-refractivity contribution in [3.63, 3.8) is 0 Å². The van der Waals surface area contributed by atoms with E-state index in [4.69, 9.17) is 9.47 Å². The summed E-state index contributed by atoms with van der Waals surface area (Å²) in [7, 11) is 0. The van der Waals surface area contributed by atoms with Crippen molar-refractivity contribution in [1.29, 1.82) is 0 Å². The lowest BCUT2D eigenvalue weighted by Gasteiger charge is -2.32. The lowest BCUT2D eigenvalue weighted by atomic mass is 10.0. The zero-order valence-electron chi connectivity index (χ0n) is 5.68. The van der Waals surface area contributed by atoms with Crippen LogP contribution >= 0.6 is 22.6 Å². The van der Waals surface area contributed by atoms with Crippen molar-refractivity contribution in [3.05, 3.63) is 0 Å². The van der Waals surface area contributed by atoms with Gasteiger partial charge in [-0.3, -0.25) is 0 Å². The van der Waals surface area contributed by atoms with Gasteiger partial charge < -0.3 is 19.7 Å². The number of aliphatic hydroxyl groups excluding tert-OH is 2. The molecular formula is C6H9IO4. The molecule has 0 aromatic heterocycles. The summed E-state index contributed by atoms with van der Waals surface area (Å²) >= 11 is 2.03. The molecule has 0 aliphatic carbocycles. The minimum Gasteiger partial charge on any atom is -0.389 e.